The standard InChI is InChI=1S/C14H13BrClNO2S2/c15-14-12(16)8-13(20-14)21(18,19)17-11-6-5-9-3-1-2-4-10(9)7-11/h1-4,8,11,17H,5-7H2. The third-order valence-electron chi connectivity index (χ3n) is 3.56. The predicted molar refractivity (Wildman–Crippen MR) is 89.6 cm³/mol. The molecular weight excluding hydrogens is 394 g/mol. The van der Waals surface area contributed by atoms with Gasteiger partial charge in [-0.05, 0) is 52.4 Å². The highest BCUT2D eigenvalue weighted by atomic mass is 79.9. The van der Waals surface area contributed by atoms with Crippen LogP contribution < -0.4 is 4.72 Å². The summed E-state index contributed by atoms with van der Waals surface area (Å²) in [6.45, 7) is 0. The number of aryl methyl sites for hydroxylation is 1. The minimum absolute atomic E-state index is 0.0652. The topological polar surface area (TPSA) is 46.2 Å². The van der Waals surface area contributed by atoms with Gasteiger partial charge in [-0.1, -0.05) is 35.9 Å². The molecule has 1 atom stereocenters. The first kappa shape index (κ1) is 15.5. The van der Waals surface area contributed by atoms with E-state index in [9.17, 15) is 8.42 Å². The molecule has 0 saturated carbocycles. The van der Waals surface area contributed by atoms with Gasteiger partial charge in [-0.3, -0.25) is 0 Å². The molecule has 0 fully saturated rings. The highest BCUT2D eigenvalue weighted by Crippen LogP contribution is 2.35. The van der Waals surface area contributed by atoms with Crippen molar-refractivity contribution in [3.63, 3.8) is 0 Å². The Morgan fingerprint density at radius 3 is 2.67 bits per heavy atom. The van der Waals surface area contributed by atoms with Crippen LogP contribution >= 0.6 is 38.9 Å². The van der Waals surface area contributed by atoms with Gasteiger partial charge < -0.3 is 0 Å². The second-order valence-electron chi connectivity index (χ2n) is 5.02. The van der Waals surface area contributed by atoms with Crippen LogP contribution in [0.15, 0.2) is 38.3 Å². The Morgan fingerprint density at radius 1 is 1.29 bits per heavy atom. The minimum Gasteiger partial charge on any atom is -0.207 e. The Bertz CT molecular complexity index is 754. The molecule has 0 aliphatic heterocycles. The van der Waals surface area contributed by atoms with Crippen molar-refractivity contribution in [1.82, 2.24) is 4.72 Å². The number of benzene rings is 1. The van der Waals surface area contributed by atoms with Gasteiger partial charge >= 0.3 is 0 Å². The number of thiophene rings is 1. The van der Waals surface area contributed by atoms with Crippen molar-refractivity contribution in [2.45, 2.75) is 29.5 Å². The fourth-order valence-corrected chi connectivity index (χ4v) is 6.22. The lowest BCUT2D eigenvalue weighted by Gasteiger charge is -2.25. The van der Waals surface area contributed by atoms with E-state index in [0.29, 0.717) is 8.81 Å². The van der Waals surface area contributed by atoms with Gasteiger partial charge in [0.1, 0.15) is 4.21 Å². The predicted octanol–water partition coefficient (Wildman–Crippen LogP) is 4.00. The van der Waals surface area contributed by atoms with E-state index >= 15 is 0 Å². The van der Waals surface area contributed by atoms with Crippen LogP contribution in [0.3, 0.4) is 0 Å². The Hall–Kier alpha value is -0.400. The highest BCUT2D eigenvalue weighted by molar-refractivity contribution is 9.11. The molecule has 0 spiro atoms. The van der Waals surface area contributed by atoms with Crippen molar-refractivity contribution >= 4 is 48.9 Å². The molecule has 3 rings (SSSR count). The molecule has 1 heterocycles. The lowest BCUT2D eigenvalue weighted by Crippen LogP contribution is -2.38. The smallest absolute Gasteiger partial charge is 0.207 e. The third kappa shape index (κ3) is 3.35. The Labute approximate surface area is 141 Å². The molecule has 21 heavy (non-hydrogen) atoms. The number of nitrogens with one attached hydrogen (secondary N) is 1. The quantitative estimate of drug-likeness (QED) is 0.837. The summed E-state index contributed by atoms with van der Waals surface area (Å²) in [4.78, 5) is 0. The SMILES string of the molecule is O=S(=O)(NC1CCc2ccccc2C1)c1cc(Cl)c(Br)s1. The summed E-state index contributed by atoms with van der Waals surface area (Å²) in [5.74, 6) is 0. The fraction of sp³-hybridized carbons (Fsp3) is 0.286. The summed E-state index contributed by atoms with van der Waals surface area (Å²) in [5.41, 5.74) is 2.54. The third-order valence-corrected chi connectivity index (χ3v) is 8.02. The molecule has 3 nitrogen and oxygen atoms in total. The molecule has 1 aromatic carbocycles. The number of fused-ring (bicyclic) bond motifs is 1. The number of hydrogen-bond donors (Lipinski definition) is 1. The summed E-state index contributed by atoms with van der Waals surface area (Å²) in [5, 5.41) is 0.425. The van der Waals surface area contributed by atoms with Gasteiger partial charge in [-0.2, -0.15) is 0 Å². The normalized spacial score (nSPS) is 18.5. The summed E-state index contributed by atoms with van der Waals surface area (Å²) in [6.07, 6.45) is 2.45. The molecule has 7 heteroatoms. The summed E-state index contributed by atoms with van der Waals surface area (Å²) in [6, 6.07) is 9.60. The second kappa shape index (κ2) is 6.01. The Balaban J connectivity index is 1.78. The van der Waals surface area contributed by atoms with Gasteiger partial charge in [0.25, 0.3) is 0 Å². The molecule has 0 radical (unpaired) electrons. The number of halogens is 2. The van der Waals surface area contributed by atoms with Gasteiger partial charge in [0.2, 0.25) is 10.0 Å². The molecule has 0 bridgehead atoms. The molecule has 1 aromatic heterocycles. The average Bonchev–Trinajstić information content (AvgIpc) is 2.79. The van der Waals surface area contributed by atoms with Crippen molar-refractivity contribution in [1.29, 1.82) is 0 Å². The van der Waals surface area contributed by atoms with E-state index in [1.807, 2.05) is 12.1 Å². The summed E-state index contributed by atoms with van der Waals surface area (Å²) in [7, 11) is -3.51. The first-order chi connectivity index (χ1) is 9.95. The van der Waals surface area contributed by atoms with E-state index in [0.717, 1.165) is 30.6 Å². The van der Waals surface area contributed by atoms with Crippen LogP contribution in [-0.4, -0.2) is 14.5 Å². The zero-order valence-corrected chi connectivity index (χ0v) is 14.9. The summed E-state index contributed by atoms with van der Waals surface area (Å²) >= 11 is 10.3. The first-order valence-electron chi connectivity index (χ1n) is 6.49. The van der Waals surface area contributed by atoms with Crippen molar-refractivity contribution in [2.24, 2.45) is 0 Å². The maximum absolute atomic E-state index is 12.4. The van der Waals surface area contributed by atoms with Gasteiger partial charge in [0.05, 0.1) is 8.81 Å². The van der Waals surface area contributed by atoms with Crippen molar-refractivity contribution < 1.29 is 8.42 Å². The van der Waals surface area contributed by atoms with Crippen LogP contribution in [0.1, 0.15) is 17.5 Å². The molecule has 112 valence electrons. The van der Waals surface area contributed by atoms with Gasteiger partial charge in [0, 0.05) is 6.04 Å². The fourth-order valence-electron chi connectivity index (χ4n) is 2.54. The van der Waals surface area contributed by atoms with Gasteiger partial charge in [-0.25, -0.2) is 13.1 Å². The molecule has 1 unspecified atom stereocenters. The van der Waals surface area contributed by atoms with E-state index in [1.165, 1.54) is 17.2 Å². The zero-order valence-electron chi connectivity index (χ0n) is 11.0. The van der Waals surface area contributed by atoms with E-state index in [2.05, 4.69) is 32.8 Å². The molecule has 1 aliphatic rings. The average molecular weight is 407 g/mol. The van der Waals surface area contributed by atoms with E-state index in [-0.39, 0.29) is 10.3 Å². The Kier molecular flexibility index (Phi) is 4.43. The first-order valence-corrected chi connectivity index (χ1v) is 9.97. The number of hydrogen-bond acceptors (Lipinski definition) is 3. The zero-order chi connectivity index (χ0) is 15.0. The van der Waals surface area contributed by atoms with E-state index in [1.54, 1.807) is 0 Å². The Morgan fingerprint density at radius 2 is 2.00 bits per heavy atom. The van der Waals surface area contributed by atoms with Crippen molar-refractivity contribution in [3.05, 3.63) is 50.3 Å². The van der Waals surface area contributed by atoms with Crippen LogP contribution in [-0.2, 0) is 22.9 Å². The molecule has 1 aliphatic carbocycles. The molecule has 2 aromatic rings. The molecule has 0 amide bonds. The summed E-state index contributed by atoms with van der Waals surface area (Å²) < 4.78 is 28.5. The molecular formula is C14H13BrClNO2S2. The van der Waals surface area contributed by atoms with Crippen molar-refractivity contribution in [2.75, 3.05) is 0 Å². The highest BCUT2D eigenvalue weighted by Gasteiger charge is 2.26. The molecule has 1 N–H and O–H groups in total. The van der Waals surface area contributed by atoms with Gasteiger partial charge in [-0.15, -0.1) is 11.3 Å². The van der Waals surface area contributed by atoms with Crippen LogP contribution in [0.2, 0.25) is 5.02 Å². The lowest BCUT2D eigenvalue weighted by molar-refractivity contribution is 0.508. The van der Waals surface area contributed by atoms with Crippen LogP contribution in [0.4, 0.5) is 0 Å². The number of rotatable bonds is 3. The minimum atomic E-state index is -3.51. The van der Waals surface area contributed by atoms with Crippen LogP contribution in [0.25, 0.3) is 0 Å². The maximum Gasteiger partial charge on any atom is 0.250 e. The van der Waals surface area contributed by atoms with Crippen LogP contribution in [0.5, 0.6) is 0 Å². The van der Waals surface area contributed by atoms with E-state index < -0.39 is 10.0 Å². The second-order valence-corrected chi connectivity index (χ2v) is 9.73. The monoisotopic (exact) mass is 405 g/mol. The van der Waals surface area contributed by atoms with E-state index in [4.69, 9.17) is 11.6 Å². The van der Waals surface area contributed by atoms with Gasteiger partial charge in [0.15, 0.2) is 0 Å². The van der Waals surface area contributed by atoms with Crippen molar-refractivity contribution in [3.8, 4) is 0 Å². The van der Waals surface area contributed by atoms with Crippen LogP contribution in [0, 0.1) is 0 Å². The largest absolute Gasteiger partial charge is 0.250 e. The number of sulfonamides is 1. The lowest BCUT2D eigenvalue weighted by atomic mass is 9.89. The maximum atomic E-state index is 12.4. The molecule has 0 saturated heterocycles.